The number of nitrogens with zero attached hydrogens (tertiary/aromatic N) is 2. The SMILES string of the molecule is C[C@@H](Oc1ccc(Cl)cc1)C(=O)N[C@H]1CC[C@H](c2nnc(-c3ccc(C(F)(F)F)cc3)o2)NC1. The zero-order chi connectivity index (χ0) is 24.3. The van der Waals surface area contributed by atoms with Gasteiger partial charge in [-0.15, -0.1) is 10.2 Å². The fourth-order valence-electron chi connectivity index (χ4n) is 3.57. The van der Waals surface area contributed by atoms with Gasteiger partial charge < -0.3 is 19.8 Å². The number of ether oxygens (including phenoxy) is 1. The van der Waals surface area contributed by atoms with E-state index in [1.165, 1.54) is 12.1 Å². The number of nitrogens with one attached hydrogen (secondary N) is 2. The Balaban J connectivity index is 1.28. The van der Waals surface area contributed by atoms with Crippen LogP contribution in [0, 0.1) is 0 Å². The molecule has 3 atom stereocenters. The molecule has 7 nitrogen and oxygen atoms in total. The van der Waals surface area contributed by atoms with Gasteiger partial charge in [-0.25, -0.2) is 0 Å². The van der Waals surface area contributed by atoms with Crippen molar-refractivity contribution in [3.8, 4) is 17.2 Å². The van der Waals surface area contributed by atoms with E-state index in [0.717, 1.165) is 12.1 Å². The highest BCUT2D eigenvalue weighted by atomic mass is 35.5. The summed E-state index contributed by atoms with van der Waals surface area (Å²) in [5.41, 5.74) is -0.340. The largest absolute Gasteiger partial charge is 0.481 e. The topological polar surface area (TPSA) is 89.3 Å². The van der Waals surface area contributed by atoms with Gasteiger partial charge in [0.1, 0.15) is 5.75 Å². The number of hydrogen-bond acceptors (Lipinski definition) is 6. The lowest BCUT2D eigenvalue weighted by atomic mass is 10.0. The second kappa shape index (κ2) is 10.0. The van der Waals surface area contributed by atoms with Gasteiger partial charge in [0.25, 0.3) is 5.91 Å². The maximum absolute atomic E-state index is 12.7. The Kier molecular flexibility index (Phi) is 7.08. The van der Waals surface area contributed by atoms with Crippen molar-refractivity contribution in [1.29, 1.82) is 0 Å². The zero-order valence-corrected chi connectivity index (χ0v) is 18.9. The van der Waals surface area contributed by atoms with Crippen LogP contribution in [0.4, 0.5) is 13.2 Å². The van der Waals surface area contributed by atoms with Crippen molar-refractivity contribution in [1.82, 2.24) is 20.8 Å². The first-order chi connectivity index (χ1) is 16.2. The number of hydrogen-bond donors (Lipinski definition) is 2. The summed E-state index contributed by atoms with van der Waals surface area (Å²) < 4.78 is 49.5. The van der Waals surface area contributed by atoms with E-state index in [1.54, 1.807) is 31.2 Å². The Labute approximate surface area is 198 Å². The van der Waals surface area contributed by atoms with Crippen LogP contribution in [0.2, 0.25) is 5.02 Å². The molecule has 1 amide bonds. The number of carbonyl (C=O) groups excluding carboxylic acids is 1. The van der Waals surface area contributed by atoms with Crippen LogP contribution >= 0.6 is 11.6 Å². The summed E-state index contributed by atoms with van der Waals surface area (Å²) in [5, 5.41) is 14.8. The molecule has 0 bridgehead atoms. The van der Waals surface area contributed by atoms with Crippen LogP contribution in [0.5, 0.6) is 5.75 Å². The third kappa shape index (κ3) is 5.87. The van der Waals surface area contributed by atoms with Crippen LogP contribution in [-0.4, -0.2) is 34.8 Å². The molecule has 11 heteroatoms. The molecule has 180 valence electrons. The van der Waals surface area contributed by atoms with Gasteiger partial charge in [0.15, 0.2) is 6.10 Å². The molecule has 0 aliphatic carbocycles. The Morgan fingerprint density at radius 2 is 1.85 bits per heavy atom. The lowest BCUT2D eigenvalue weighted by molar-refractivity contribution is -0.137. The number of benzene rings is 2. The average molecular weight is 495 g/mol. The van der Waals surface area contributed by atoms with Crippen molar-refractivity contribution < 1.29 is 27.1 Å². The molecule has 0 radical (unpaired) electrons. The van der Waals surface area contributed by atoms with Crippen molar-refractivity contribution >= 4 is 17.5 Å². The average Bonchev–Trinajstić information content (AvgIpc) is 3.31. The third-order valence-electron chi connectivity index (χ3n) is 5.45. The summed E-state index contributed by atoms with van der Waals surface area (Å²) >= 11 is 5.85. The van der Waals surface area contributed by atoms with Crippen LogP contribution in [0.15, 0.2) is 52.9 Å². The Hall–Kier alpha value is -3.11. The molecule has 34 heavy (non-hydrogen) atoms. The molecule has 2 N–H and O–H groups in total. The predicted molar refractivity (Wildman–Crippen MR) is 118 cm³/mol. The quantitative estimate of drug-likeness (QED) is 0.512. The Bertz CT molecular complexity index is 1110. The first kappa shape index (κ1) is 24.0. The molecule has 1 aliphatic heterocycles. The Morgan fingerprint density at radius 3 is 2.47 bits per heavy atom. The molecule has 2 heterocycles. The fraction of sp³-hybridized carbons (Fsp3) is 0.348. The van der Waals surface area contributed by atoms with E-state index in [2.05, 4.69) is 20.8 Å². The highest BCUT2D eigenvalue weighted by Gasteiger charge is 2.31. The second-order valence-corrected chi connectivity index (χ2v) is 8.41. The van der Waals surface area contributed by atoms with E-state index in [0.29, 0.717) is 41.6 Å². The van der Waals surface area contributed by atoms with Crippen LogP contribution < -0.4 is 15.4 Å². The monoisotopic (exact) mass is 494 g/mol. The lowest BCUT2D eigenvalue weighted by Gasteiger charge is -2.29. The summed E-state index contributed by atoms with van der Waals surface area (Å²) in [6.45, 7) is 2.16. The molecule has 0 unspecified atom stereocenters. The summed E-state index contributed by atoms with van der Waals surface area (Å²) in [6, 6.07) is 11.0. The first-order valence-corrected chi connectivity index (χ1v) is 11.0. The van der Waals surface area contributed by atoms with E-state index >= 15 is 0 Å². The molecule has 1 fully saturated rings. The van der Waals surface area contributed by atoms with Crippen molar-refractivity contribution in [2.45, 2.75) is 44.1 Å². The highest BCUT2D eigenvalue weighted by molar-refractivity contribution is 6.30. The molecule has 1 aliphatic rings. The van der Waals surface area contributed by atoms with Crippen molar-refractivity contribution in [3.63, 3.8) is 0 Å². The molecule has 0 spiro atoms. The number of halogens is 4. The van der Waals surface area contributed by atoms with Crippen LogP contribution in [0.1, 0.15) is 37.3 Å². The third-order valence-corrected chi connectivity index (χ3v) is 5.71. The van der Waals surface area contributed by atoms with Gasteiger partial charge in [0.2, 0.25) is 11.8 Å². The molecular weight excluding hydrogens is 473 g/mol. The number of amides is 1. The van der Waals surface area contributed by atoms with E-state index in [4.69, 9.17) is 20.8 Å². The summed E-state index contributed by atoms with van der Waals surface area (Å²) in [7, 11) is 0. The maximum atomic E-state index is 12.7. The Morgan fingerprint density at radius 1 is 1.15 bits per heavy atom. The number of aromatic nitrogens is 2. The fourth-order valence-corrected chi connectivity index (χ4v) is 3.70. The number of alkyl halides is 3. The number of piperidine rings is 1. The van der Waals surface area contributed by atoms with Gasteiger partial charge in [-0.05, 0) is 68.3 Å². The summed E-state index contributed by atoms with van der Waals surface area (Å²) in [5.74, 6) is 0.810. The maximum Gasteiger partial charge on any atom is 0.416 e. The van der Waals surface area contributed by atoms with Gasteiger partial charge in [0, 0.05) is 23.2 Å². The second-order valence-electron chi connectivity index (χ2n) is 7.98. The van der Waals surface area contributed by atoms with Gasteiger partial charge in [0.05, 0.1) is 11.6 Å². The number of carbonyl (C=O) groups is 1. The molecule has 2 aromatic carbocycles. The van der Waals surface area contributed by atoms with E-state index < -0.39 is 17.8 Å². The highest BCUT2D eigenvalue weighted by Crippen LogP contribution is 2.31. The number of rotatable bonds is 6. The smallest absolute Gasteiger partial charge is 0.416 e. The van der Waals surface area contributed by atoms with Crippen molar-refractivity contribution in [3.05, 3.63) is 65.0 Å². The zero-order valence-electron chi connectivity index (χ0n) is 18.1. The van der Waals surface area contributed by atoms with Gasteiger partial charge in [-0.2, -0.15) is 13.2 Å². The molecule has 0 saturated carbocycles. The van der Waals surface area contributed by atoms with E-state index in [-0.39, 0.29) is 23.9 Å². The molecule has 1 aromatic heterocycles. The van der Waals surface area contributed by atoms with Crippen LogP contribution in [0.25, 0.3) is 11.5 Å². The lowest BCUT2D eigenvalue weighted by Crippen LogP contribution is -2.50. The minimum Gasteiger partial charge on any atom is -0.481 e. The molecule has 1 saturated heterocycles. The first-order valence-electron chi connectivity index (χ1n) is 10.7. The van der Waals surface area contributed by atoms with E-state index in [1.807, 2.05) is 0 Å². The normalized spacial score (nSPS) is 19.4. The minimum atomic E-state index is -4.41. The summed E-state index contributed by atoms with van der Waals surface area (Å²) in [4.78, 5) is 12.5. The molecular formula is C23H22ClF3N4O3. The standard InChI is InChI=1S/C23H22ClF3N4O3/c1-13(33-18-9-6-16(24)7-10-18)20(32)29-17-8-11-19(28-12-17)22-31-30-21(34-22)14-2-4-15(5-3-14)23(25,26)27/h2-7,9-10,13,17,19,28H,8,11-12H2,1H3,(H,29,32)/t13-,17+,19-/m1/s1. The van der Waals surface area contributed by atoms with Gasteiger partial charge in [-0.1, -0.05) is 11.6 Å². The van der Waals surface area contributed by atoms with E-state index in [9.17, 15) is 18.0 Å². The van der Waals surface area contributed by atoms with Crippen LogP contribution in [0.3, 0.4) is 0 Å². The van der Waals surface area contributed by atoms with Gasteiger partial charge in [-0.3, -0.25) is 4.79 Å². The van der Waals surface area contributed by atoms with Crippen molar-refractivity contribution in [2.75, 3.05) is 6.54 Å². The summed E-state index contributed by atoms with van der Waals surface area (Å²) in [6.07, 6.45) is -3.78. The van der Waals surface area contributed by atoms with Crippen molar-refractivity contribution in [2.24, 2.45) is 0 Å². The molecule has 3 aromatic rings. The predicted octanol–water partition coefficient (Wildman–Crippen LogP) is 4.79. The minimum absolute atomic E-state index is 0.0997. The van der Waals surface area contributed by atoms with Gasteiger partial charge >= 0.3 is 6.18 Å². The molecule has 4 rings (SSSR count). The van der Waals surface area contributed by atoms with Crippen LogP contribution in [-0.2, 0) is 11.0 Å².